The molecule has 0 spiro atoms. The van der Waals surface area contributed by atoms with Crippen molar-refractivity contribution in [3.63, 3.8) is 0 Å². The quantitative estimate of drug-likeness (QED) is 0.496. The van der Waals surface area contributed by atoms with E-state index in [0.29, 0.717) is 0 Å². The maximum absolute atomic E-state index is 6.48. The molecule has 29 heavy (non-hydrogen) atoms. The number of ether oxygens (including phenoxy) is 4. The van der Waals surface area contributed by atoms with Crippen LogP contribution in [0.1, 0.15) is 51.4 Å². The van der Waals surface area contributed by atoms with Crippen LogP contribution in [0, 0.1) is 0 Å². The first-order valence-corrected chi connectivity index (χ1v) is 11.0. The smallest absolute Gasteiger partial charge is 0.184 e. The third kappa shape index (κ3) is 4.89. The van der Waals surface area contributed by atoms with E-state index in [1.54, 1.807) is 0 Å². The molecular weight excluding hydrogens is 364 g/mol. The minimum atomic E-state index is -0.414. The molecule has 2 aliphatic heterocycles. The van der Waals surface area contributed by atoms with Gasteiger partial charge in [0.1, 0.15) is 0 Å². The van der Waals surface area contributed by atoms with Gasteiger partial charge in [-0.2, -0.15) is 0 Å². The van der Waals surface area contributed by atoms with E-state index >= 15 is 0 Å². The first kappa shape index (κ1) is 20.5. The highest BCUT2D eigenvalue weighted by Crippen LogP contribution is 2.32. The van der Waals surface area contributed by atoms with Crippen molar-refractivity contribution in [2.24, 2.45) is 0 Å². The second-order valence-electron chi connectivity index (χ2n) is 7.88. The summed E-state index contributed by atoms with van der Waals surface area (Å²) < 4.78 is 24.4. The third-order valence-corrected chi connectivity index (χ3v) is 5.99. The summed E-state index contributed by atoms with van der Waals surface area (Å²) in [5.41, 5.74) is 3.44. The van der Waals surface area contributed by atoms with Crippen LogP contribution in [0.15, 0.2) is 54.6 Å². The fraction of sp³-hybridized carbons (Fsp3) is 0.520. The standard InChI is InChI=1S/C25H32O4/c1-3-21(23-14-16-26-23)28-25(29-22(4-2)24-15-17-27-24)20-12-10-19(11-13-20)18-8-6-5-7-9-18/h5-13,21-25H,3-4,14-17H2,1-2H3. The fourth-order valence-electron chi connectivity index (χ4n) is 3.96. The molecule has 0 aliphatic carbocycles. The van der Waals surface area contributed by atoms with Crippen molar-refractivity contribution in [1.29, 1.82) is 0 Å². The lowest BCUT2D eigenvalue weighted by Gasteiger charge is -2.39. The van der Waals surface area contributed by atoms with Crippen molar-refractivity contribution < 1.29 is 18.9 Å². The lowest BCUT2D eigenvalue weighted by Crippen LogP contribution is -2.43. The van der Waals surface area contributed by atoms with Gasteiger partial charge in [0.05, 0.1) is 24.4 Å². The lowest BCUT2D eigenvalue weighted by molar-refractivity contribution is -0.261. The molecule has 0 radical (unpaired) electrons. The van der Waals surface area contributed by atoms with E-state index < -0.39 is 6.29 Å². The summed E-state index contributed by atoms with van der Waals surface area (Å²) in [5, 5.41) is 0. The van der Waals surface area contributed by atoms with E-state index in [-0.39, 0.29) is 24.4 Å². The summed E-state index contributed by atoms with van der Waals surface area (Å²) in [5.74, 6) is 0. The molecule has 0 aromatic heterocycles. The van der Waals surface area contributed by atoms with Crippen molar-refractivity contribution in [2.45, 2.75) is 70.2 Å². The van der Waals surface area contributed by atoms with Gasteiger partial charge in [-0.05, 0) is 36.8 Å². The Morgan fingerprint density at radius 3 is 1.66 bits per heavy atom. The molecule has 2 heterocycles. The Morgan fingerprint density at radius 2 is 1.24 bits per heavy atom. The van der Waals surface area contributed by atoms with Gasteiger partial charge in [-0.3, -0.25) is 0 Å². The third-order valence-electron chi connectivity index (χ3n) is 5.99. The number of rotatable bonds is 10. The molecule has 4 unspecified atom stereocenters. The van der Waals surface area contributed by atoms with Crippen LogP contribution in [0.4, 0.5) is 0 Å². The van der Waals surface area contributed by atoms with E-state index in [2.05, 4.69) is 62.4 Å². The molecule has 0 saturated carbocycles. The minimum absolute atomic E-state index is 0.0439. The Balaban J connectivity index is 1.53. The Kier molecular flexibility index (Phi) is 6.98. The molecule has 2 aliphatic rings. The summed E-state index contributed by atoms with van der Waals surface area (Å²) in [6.07, 6.45) is 3.95. The van der Waals surface area contributed by atoms with Gasteiger partial charge in [-0.15, -0.1) is 0 Å². The maximum atomic E-state index is 6.48. The fourth-order valence-corrected chi connectivity index (χ4v) is 3.96. The van der Waals surface area contributed by atoms with Crippen LogP contribution in [0.3, 0.4) is 0 Å². The van der Waals surface area contributed by atoms with Gasteiger partial charge >= 0.3 is 0 Å². The Hall–Kier alpha value is -1.72. The zero-order valence-electron chi connectivity index (χ0n) is 17.5. The summed E-state index contributed by atoms with van der Waals surface area (Å²) >= 11 is 0. The molecule has 2 aromatic carbocycles. The topological polar surface area (TPSA) is 36.9 Å². The predicted octanol–water partition coefficient (Wildman–Crippen LogP) is 5.52. The van der Waals surface area contributed by atoms with Crippen LogP contribution < -0.4 is 0 Å². The number of hydrogen-bond acceptors (Lipinski definition) is 4. The number of hydrogen-bond donors (Lipinski definition) is 0. The van der Waals surface area contributed by atoms with Crippen LogP contribution >= 0.6 is 0 Å². The molecule has 2 saturated heterocycles. The monoisotopic (exact) mass is 396 g/mol. The van der Waals surface area contributed by atoms with Gasteiger partial charge in [0, 0.05) is 18.8 Å². The molecule has 0 N–H and O–H groups in total. The molecule has 4 heteroatoms. The molecule has 4 atom stereocenters. The molecule has 2 aromatic rings. The first-order chi connectivity index (χ1) is 14.3. The average molecular weight is 397 g/mol. The van der Waals surface area contributed by atoms with E-state index in [1.165, 1.54) is 11.1 Å². The number of benzene rings is 2. The van der Waals surface area contributed by atoms with Crippen LogP contribution in [-0.2, 0) is 18.9 Å². The van der Waals surface area contributed by atoms with Crippen molar-refractivity contribution in [3.8, 4) is 11.1 Å². The lowest BCUT2D eigenvalue weighted by atomic mass is 10.0. The predicted molar refractivity (Wildman–Crippen MR) is 114 cm³/mol. The molecule has 4 rings (SSSR count). The highest BCUT2D eigenvalue weighted by atomic mass is 16.7. The van der Waals surface area contributed by atoms with Crippen LogP contribution in [0.5, 0.6) is 0 Å². The van der Waals surface area contributed by atoms with Crippen LogP contribution in [0.2, 0.25) is 0 Å². The Bertz CT molecular complexity index is 713. The molecule has 0 bridgehead atoms. The van der Waals surface area contributed by atoms with Crippen molar-refractivity contribution in [2.75, 3.05) is 13.2 Å². The second-order valence-corrected chi connectivity index (χ2v) is 7.88. The molecule has 4 nitrogen and oxygen atoms in total. The van der Waals surface area contributed by atoms with Crippen LogP contribution in [0.25, 0.3) is 11.1 Å². The van der Waals surface area contributed by atoms with Gasteiger partial charge < -0.3 is 18.9 Å². The summed E-state index contributed by atoms with van der Waals surface area (Å²) in [7, 11) is 0. The highest BCUT2D eigenvalue weighted by Gasteiger charge is 2.34. The van der Waals surface area contributed by atoms with Crippen molar-refractivity contribution in [3.05, 3.63) is 60.2 Å². The zero-order valence-corrected chi connectivity index (χ0v) is 17.5. The minimum Gasteiger partial charge on any atom is -0.375 e. The SMILES string of the molecule is CCC(OC(OC(CC)C1CCO1)c1ccc(-c2ccccc2)cc1)C1CCO1. The maximum Gasteiger partial charge on any atom is 0.184 e. The van der Waals surface area contributed by atoms with E-state index in [4.69, 9.17) is 18.9 Å². The van der Waals surface area contributed by atoms with E-state index in [1.807, 2.05) is 6.07 Å². The summed E-state index contributed by atoms with van der Waals surface area (Å²) in [6, 6.07) is 18.9. The van der Waals surface area contributed by atoms with Crippen LogP contribution in [-0.4, -0.2) is 37.6 Å². The van der Waals surface area contributed by atoms with Crippen molar-refractivity contribution in [1.82, 2.24) is 0 Å². The highest BCUT2D eigenvalue weighted by molar-refractivity contribution is 5.63. The normalized spacial score (nSPS) is 24.2. The van der Waals surface area contributed by atoms with Gasteiger partial charge in [-0.25, -0.2) is 0 Å². The Morgan fingerprint density at radius 1 is 0.759 bits per heavy atom. The zero-order chi connectivity index (χ0) is 20.1. The summed E-state index contributed by atoms with van der Waals surface area (Å²) in [4.78, 5) is 0. The van der Waals surface area contributed by atoms with Crippen molar-refractivity contribution >= 4 is 0 Å². The largest absolute Gasteiger partial charge is 0.375 e. The van der Waals surface area contributed by atoms with E-state index in [9.17, 15) is 0 Å². The van der Waals surface area contributed by atoms with Gasteiger partial charge in [0.2, 0.25) is 0 Å². The average Bonchev–Trinajstić information content (AvgIpc) is 2.70. The van der Waals surface area contributed by atoms with E-state index in [0.717, 1.165) is 44.5 Å². The molecule has 156 valence electrons. The van der Waals surface area contributed by atoms with Gasteiger partial charge in [0.25, 0.3) is 0 Å². The molecular formula is C25H32O4. The Labute approximate surface area is 174 Å². The second kappa shape index (κ2) is 9.86. The van der Waals surface area contributed by atoms with Gasteiger partial charge in [0.15, 0.2) is 6.29 Å². The molecule has 2 fully saturated rings. The molecule has 0 amide bonds. The van der Waals surface area contributed by atoms with Gasteiger partial charge in [-0.1, -0.05) is 68.4 Å². The summed E-state index contributed by atoms with van der Waals surface area (Å²) in [6.45, 7) is 5.95. The first-order valence-electron chi connectivity index (χ1n) is 11.0.